The number of rotatable bonds is 3. The maximum Gasteiger partial charge on any atom is 0.0790 e. The molecule has 2 rings (SSSR count). The van der Waals surface area contributed by atoms with Crippen LogP contribution in [-0.4, -0.2) is 12.1 Å². The normalized spacial score (nSPS) is 31.5. The van der Waals surface area contributed by atoms with Gasteiger partial charge in [-0.2, -0.15) is 5.48 Å². The second-order valence-electron chi connectivity index (χ2n) is 7.41. The molecule has 0 spiro atoms. The van der Waals surface area contributed by atoms with Crippen molar-refractivity contribution in [2.45, 2.75) is 90.7 Å². The number of nitrogens with one attached hydrogen (secondary N) is 1. The molecule has 0 aromatic heterocycles. The second-order valence-corrected chi connectivity index (χ2v) is 7.41. The van der Waals surface area contributed by atoms with E-state index in [2.05, 4.69) is 26.3 Å². The van der Waals surface area contributed by atoms with Gasteiger partial charge in [0.05, 0.1) is 6.10 Å². The Hall–Kier alpha value is -0.0800. The van der Waals surface area contributed by atoms with Crippen LogP contribution in [-0.2, 0) is 4.84 Å². The lowest BCUT2D eigenvalue weighted by Crippen LogP contribution is -2.32. The molecule has 2 aliphatic carbocycles. The summed E-state index contributed by atoms with van der Waals surface area (Å²) in [5.74, 6) is 0.885. The minimum Gasteiger partial charge on any atom is -0.298 e. The third-order valence-electron chi connectivity index (χ3n) is 4.90. The van der Waals surface area contributed by atoms with Gasteiger partial charge in [0.25, 0.3) is 0 Å². The third kappa shape index (κ3) is 4.24. The first-order valence-corrected chi connectivity index (χ1v) is 7.97. The molecule has 0 amide bonds. The van der Waals surface area contributed by atoms with E-state index in [0.29, 0.717) is 17.6 Å². The van der Waals surface area contributed by atoms with Crippen LogP contribution >= 0.6 is 0 Å². The highest BCUT2D eigenvalue weighted by Crippen LogP contribution is 2.36. The lowest BCUT2D eigenvalue weighted by Gasteiger charge is -2.29. The lowest BCUT2D eigenvalue weighted by atomic mass is 9.76. The van der Waals surface area contributed by atoms with Gasteiger partial charge < -0.3 is 0 Å². The molecule has 0 aromatic rings. The van der Waals surface area contributed by atoms with Crippen LogP contribution in [0.15, 0.2) is 0 Å². The number of hydrogen-bond donors (Lipinski definition) is 1. The molecule has 0 aromatic carbocycles. The summed E-state index contributed by atoms with van der Waals surface area (Å²) in [6, 6.07) is 0.595. The van der Waals surface area contributed by atoms with Crippen LogP contribution in [0.25, 0.3) is 0 Å². The van der Waals surface area contributed by atoms with Crippen LogP contribution in [0.2, 0.25) is 0 Å². The molecule has 0 bridgehead atoms. The van der Waals surface area contributed by atoms with Gasteiger partial charge in [-0.15, -0.1) is 0 Å². The van der Waals surface area contributed by atoms with Crippen molar-refractivity contribution in [3.63, 3.8) is 0 Å². The van der Waals surface area contributed by atoms with Gasteiger partial charge >= 0.3 is 0 Å². The van der Waals surface area contributed by atoms with Crippen molar-refractivity contribution in [3.8, 4) is 0 Å². The minimum atomic E-state index is 0.473. The summed E-state index contributed by atoms with van der Waals surface area (Å²) in [5, 5.41) is 0. The third-order valence-corrected chi connectivity index (χ3v) is 4.90. The molecule has 0 radical (unpaired) electrons. The first-order chi connectivity index (χ1) is 8.55. The van der Waals surface area contributed by atoms with Gasteiger partial charge in [0, 0.05) is 6.04 Å². The Bertz CT molecular complexity index is 240. The SMILES string of the molecule is CC(C)(C)C1CCCC(NOC2CCCC2)CC1. The molecule has 2 unspecified atom stereocenters. The van der Waals surface area contributed by atoms with Crippen molar-refractivity contribution < 1.29 is 4.84 Å². The van der Waals surface area contributed by atoms with E-state index in [1.165, 1.54) is 57.8 Å². The average molecular weight is 253 g/mol. The van der Waals surface area contributed by atoms with Gasteiger partial charge in [-0.3, -0.25) is 4.84 Å². The zero-order valence-corrected chi connectivity index (χ0v) is 12.5. The molecular formula is C16H31NO. The topological polar surface area (TPSA) is 21.3 Å². The molecule has 2 atom stereocenters. The maximum atomic E-state index is 5.87. The highest BCUT2D eigenvalue weighted by molar-refractivity contribution is 4.80. The minimum absolute atomic E-state index is 0.473. The van der Waals surface area contributed by atoms with E-state index in [1.807, 2.05) is 0 Å². The van der Waals surface area contributed by atoms with E-state index in [-0.39, 0.29) is 0 Å². The molecule has 2 nitrogen and oxygen atoms in total. The van der Waals surface area contributed by atoms with Crippen molar-refractivity contribution in [2.24, 2.45) is 11.3 Å². The summed E-state index contributed by atoms with van der Waals surface area (Å²) in [6.07, 6.45) is 12.4. The largest absolute Gasteiger partial charge is 0.298 e. The van der Waals surface area contributed by atoms with Crippen LogP contribution in [0, 0.1) is 11.3 Å². The fourth-order valence-corrected chi connectivity index (χ4v) is 3.48. The van der Waals surface area contributed by atoms with Crippen LogP contribution in [0.4, 0.5) is 0 Å². The summed E-state index contributed by atoms with van der Waals surface area (Å²) in [4.78, 5) is 5.87. The zero-order chi connectivity index (χ0) is 13.0. The van der Waals surface area contributed by atoms with Crippen LogP contribution in [0.5, 0.6) is 0 Å². The van der Waals surface area contributed by atoms with Crippen molar-refractivity contribution >= 4 is 0 Å². The molecule has 2 aliphatic rings. The monoisotopic (exact) mass is 253 g/mol. The highest BCUT2D eigenvalue weighted by atomic mass is 16.7. The molecule has 1 N–H and O–H groups in total. The predicted molar refractivity (Wildman–Crippen MR) is 76.3 cm³/mol. The lowest BCUT2D eigenvalue weighted by molar-refractivity contribution is -0.0428. The van der Waals surface area contributed by atoms with Gasteiger partial charge in [-0.25, -0.2) is 0 Å². The quantitative estimate of drug-likeness (QED) is 0.593. The van der Waals surface area contributed by atoms with E-state index in [0.717, 1.165) is 5.92 Å². The van der Waals surface area contributed by atoms with E-state index in [9.17, 15) is 0 Å². The van der Waals surface area contributed by atoms with Crippen LogP contribution in [0.3, 0.4) is 0 Å². The van der Waals surface area contributed by atoms with E-state index >= 15 is 0 Å². The molecule has 0 heterocycles. The number of hydrogen-bond acceptors (Lipinski definition) is 2. The van der Waals surface area contributed by atoms with Crippen LogP contribution in [0.1, 0.15) is 78.6 Å². The van der Waals surface area contributed by atoms with Crippen molar-refractivity contribution in [1.29, 1.82) is 0 Å². The fraction of sp³-hybridized carbons (Fsp3) is 1.00. The molecular weight excluding hydrogens is 222 g/mol. The molecule has 2 saturated carbocycles. The zero-order valence-electron chi connectivity index (χ0n) is 12.5. The first-order valence-electron chi connectivity index (χ1n) is 7.97. The Morgan fingerprint density at radius 3 is 2.22 bits per heavy atom. The molecule has 106 valence electrons. The second kappa shape index (κ2) is 6.38. The maximum absolute atomic E-state index is 5.87. The summed E-state index contributed by atoms with van der Waals surface area (Å²) < 4.78 is 0. The van der Waals surface area contributed by atoms with Gasteiger partial charge in [-0.1, -0.05) is 40.0 Å². The summed E-state index contributed by atoms with van der Waals surface area (Å²) in [6.45, 7) is 7.17. The number of hydroxylamine groups is 1. The first kappa shape index (κ1) is 14.3. The molecule has 2 fully saturated rings. The predicted octanol–water partition coefficient (Wildman–Crippen LogP) is 4.45. The molecule has 18 heavy (non-hydrogen) atoms. The standard InChI is InChI=1S/C16H31NO/c1-16(2,3)13-7-6-8-14(12-11-13)17-18-15-9-4-5-10-15/h13-15,17H,4-12H2,1-3H3. The summed E-state index contributed by atoms with van der Waals surface area (Å²) >= 11 is 0. The molecule has 0 saturated heterocycles. The van der Waals surface area contributed by atoms with Crippen molar-refractivity contribution in [1.82, 2.24) is 5.48 Å². The highest BCUT2D eigenvalue weighted by Gasteiger charge is 2.28. The molecule has 0 aliphatic heterocycles. The van der Waals surface area contributed by atoms with Crippen molar-refractivity contribution in [2.75, 3.05) is 0 Å². The Balaban J connectivity index is 1.71. The van der Waals surface area contributed by atoms with Crippen molar-refractivity contribution in [3.05, 3.63) is 0 Å². The summed E-state index contributed by atoms with van der Waals surface area (Å²) in [7, 11) is 0. The Kier molecular flexibility index (Phi) is 5.08. The summed E-state index contributed by atoms with van der Waals surface area (Å²) in [5.41, 5.74) is 3.85. The van der Waals surface area contributed by atoms with E-state index in [4.69, 9.17) is 4.84 Å². The van der Waals surface area contributed by atoms with Gasteiger partial charge in [0.2, 0.25) is 0 Å². The Morgan fingerprint density at radius 1 is 0.833 bits per heavy atom. The van der Waals surface area contributed by atoms with E-state index in [1.54, 1.807) is 0 Å². The molecule has 2 heteroatoms. The van der Waals surface area contributed by atoms with Gasteiger partial charge in [0.1, 0.15) is 0 Å². The van der Waals surface area contributed by atoms with E-state index < -0.39 is 0 Å². The van der Waals surface area contributed by atoms with Crippen LogP contribution < -0.4 is 5.48 Å². The Labute approximate surface area is 113 Å². The van der Waals surface area contributed by atoms with Gasteiger partial charge in [0.15, 0.2) is 0 Å². The smallest absolute Gasteiger partial charge is 0.0790 e. The van der Waals surface area contributed by atoms with Gasteiger partial charge in [-0.05, 0) is 49.9 Å². The Morgan fingerprint density at radius 2 is 1.56 bits per heavy atom. The fourth-order valence-electron chi connectivity index (χ4n) is 3.48. The average Bonchev–Trinajstić information content (AvgIpc) is 2.69.